The molecule has 1 atom stereocenters. The van der Waals surface area contributed by atoms with E-state index in [0.29, 0.717) is 17.7 Å². The summed E-state index contributed by atoms with van der Waals surface area (Å²) in [6, 6.07) is 13.1. The van der Waals surface area contributed by atoms with Gasteiger partial charge in [-0.3, -0.25) is 14.6 Å². The zero-order chi connectivity index (χ0) is 16.9. The van der Waals surface area contributed by atoms with Crippen LogP contribution in [-0.2, 0) is 11.2 Å². The van der Waals surface area contributed by atoms with Gasteiger partial charge >= 0.3 is 0 Å². The topological polar surface area (TPSA) is 55.7 Å². The molecule has 0 aliphatic carbocycles. The second-order valence-corrected chi connectivity index (χ2v) is 6.81. The molecule has 2 aliphatic rings. The van der Waals surface area contributed by atoms with Crippen LogP contribution in [0.2, 0.25) is 0 Å². The molecule has 2 aromatic rings. The second-order valence-electron chi connectivity index (χ2n) is 6.81. The predicted octanol–water partition coefficient (Wildman–Crippen LogP) is 1.63. The number of carbonyl (C=O) groups excluding carboxylic acids is 2. The first-order valence-corrected chi connectivity index (χ1v) is 7.99. The molecule has 0 N–H and O–H groups in total. The van der Waals surface area contributed by atoms with Gasteiger partial charge in [0, 0.05) is 11.6 Å². The molecule has 0 fully saturated rings. The summed E-state index contributed by atoms with van der Waals surface area (Å²) in [5, 5.41) is 1.68. The van der Waals surface area contributed by atoms with Gasteiger partial charge in [-0.15, -0.1) is 0 Å². The van der Waals surface area contributed by atoms with Crippen molar-refractivity contribution >= 4 is 17.6 Å². The third-order valence-electron chi connectivity index (χ3n) is 4.34. The number of nitrogens with zero attached hydrogens (tertiary/aromatic N) is 1. The fraction of sp³-hybridized carbons (Fsp3) is 0.250. The monoisotopic (exact) mass is 319 g/mol. The van der Waals surface area contributed by atoms with E-state index < -0.39 is 17.7 Å². The Bertz CT molecular complexity index is 974. The van der Waals surface area contributed by atoms with Gasteiger partial charge in [-0.25, -0.2) is 0 Å². The Balaban J connectivity index is 1.74. The lowest BCUT2D eigenvalue weighted by Crippen LogP contribution is -2.41. The standard InChI is InChI=1S/C20H17NO3/c1-20(2)11-13-9-16-14(10-15(13)21-20)18(22)19(23)17(24-16)8-12-6-4-3-5-7-12/h3-7,9-11,17H,8H2,1-2H3. The van der Waals surface area contributed by atoms with Crippen molar-refractivity contribution in [2.24, 2.45) is 4.99 Å². The summed E-state index contributed by atoms with van der Waals surface area (Å²) in [6.45, 7) is 4.00. The number of ether oxygens (including phenoxy) is 1. The molecule has 0 saturated carbocycles. The molecule has 24 heavy (non-hydrogen) atoms. The van der Waals surface area contributed by atoms with E-state index in [9.17, 15) is 9.59 Å². The summed E-state index contributed by atoms with van der Waals surface area (Å²) < 4.78 is 5.88. The molecule has 4 nitrogen and oxygen atoms in total. The average Bonchev–Trinajstić information content (AvgIpc) is 2.85. The highest BCUT2D eigenvalue weighted by atomic mass is 16.5. The van der Waals surface area contributed by atoms with Gasteiger partial charge in [0.1, 0.15) is 5.75 Å². The van der Waals surface area contributed by atoms with Gasteiger partial charge in [0.2, 0.25) is 11.6 Å². The van der Waals surface area contributed by atoms with Gasteiger partial charge in [-0.05, 0) is 37.6 Å². The lowest BCUT2D eigenvalue weighted by atomic mass is 9.95. The summed E-state index contributed by atoms with van der Waals surface area (Å²) in [6.07, 6.45) is 1.66. The number of rotatable bonds is 2. The van der Waals surface area contributed by atoms with Crippen LogP contribution in [0.1, 0.15) is 29.8 Å². The number of fused-ring (bicyclic) bond motifs is 2. The van der Waals surface area contributed by atoms with Crippen molar-refractivity contribution in [3.63, 3.8) is 0 Å². The maximum Gasteiger partial charge on any atom is 0.244 e. The Kier molecular flexibility index (Phi) is 3.17. The van der Waals surface area contributed by atoms with Gasteiger partial charge in [-0.1, -0.05) is 30.3 Å². The quantitative estimate of drug-likeness (QED) is 0.791. The third-order valence-corrected chi connectivity index (χ3v) is 4.34. The van der Waals surface area contributed by atoms with Crippen LogP contribution in [-0.4, -0.2) is 23.2 Å². The van der Waals surface area contributed by atoms with Crippen LogP contribution in [0.5, 0.6) is 5.75 Å². The summed E-state index contributed by atoms with van der Waals surface area (Å²) in [5.74, 6) is -0.504. The summed E-state index contributed by atoms with van der Waals surface area (Å²) in [4.78, 5) is 29.5. The largest absolute Gasteiger partial charge is 0.481 e. The van der Waals surface area contributed by atoms with Crippen LogP contribution in [0, 0.1) is 0 Å². The lowest BCUT2D eigenvalue weighted by molar-refractivity contribution is -0.122. The number of hydrogen-bond donors (Lipinski definition) is 0. The predicted molar refractivity (Wildman–Crippen MR) is 89.7 cm³/mol. The highest BCUT2D eigenvalue weighted by Crippen LogP contribution is 2.26. The van der Waals surface area contributed by atoms with Gasteiger partial charge in [-0.2, -0.15) is 0 Å². The van der Waals surface area contributed by atoms with Gasteiger partial charge in [0.05, 0.1) is 16.5 Å². The SMILES string of the molecule is CC1(C)C=c2cc3c(cc2=N1)C(=O)C(=O)C(Cc1ccccc1)O3. The molecular formula is C20H17NO3. The van der Waals surface area contributed by atoms with E-state index in [1.54, 1.807) is 6.07 Å². The van der Waals surface area contributed by atoms with E-state index in [0.717, 1.165) is 16.1 Å². The fourth-order valence-corrected chi connectivity index (χ4v) is 3.24. The number of benzene rings is 2. The van der Waals surface area contributed by atoms with Crippen molar-refractivity contribution in [2.45, 2.75) is 31.9 Å². The molecule has 4 heteroatoms. The Morgan fingerprint density at radius 1 is 1.12 bits per heavy atom. The molecule has 0 aromatic heterocycles. The molecule has 2 heterocycles. The summed E-state index contributed by atoms with van der Waals surface area (Å²) in [5.41, 5.74) is 0.983. The second kappa shape index (κ2) is 5.13. The summed E-state index contributed by atoms with van der Waals surface area (Å²) in [7, 11) is 0. The minimum atomic E-state index is -0.767. The molecule has 1 unspecified atom stereocenters. The van der Waals surface area contributed by atoms with Gasteiger partial charge in [0.15, 0.2) is 6.10 Å². The lowest BCUT2D eigenvalue weighted by Gasteiger charge is -2.24. The van der Waals surface area contributed by atoms with Crippen LogP contribution in [0.3, 0.4) is 0 Å². The Hall–Kier alpha value is -2.75. The molecule has 0 spiro atoms. The molecule has 0 saturated heterocycles. The van der Waals surface area contributed by atoms with Gasteiger partial charge < -0.3 is 4.74 Å². The molecule has 0 amide bonds. The number of Topliss-reactive ketones (excluding diaryl/α,β-unsaturated/α-hetero) is 2. The maximum absolute atomic E-state index is 12.5. The maximum atomic E-state index is 12.5. The molecule has 120 valence electrons. The molecule has 0 radical (unpaired) electrons. The van der Waals surface area contributed by atoms with Crippen molar-refractivity contribution < 1.29 is 14.3 Å². The Morgan fingerprint density at radius 2 is 1.88 bits per heavy atom. The van der Waals surface area contributed by atoms with Crippen molar-refractivity contribution in [3.05, 3.63) is 64.2 Å². The van der Waals surface area contributed by atoms with E-state index in [1.165, 1.54) is 0 Å². The third kappa shape index (κ3) is 2.44. The highest BCUT2D eigenvalue weighted by Gasteiger charge is 2.36. The van der Waals surface area contributed by atoms with E-state index in [1.807, 2.05) is 56.3 Å². The molecule has 0 bridgehead atoms. The van der Waals surface area contributed by atoms with Crippen LogP contribution in [0.25, 0.3) is 6.08 Å². The molecular weight excluding hydrogens is 302 g/mol. The van der Waals surface area contributed by atoms with Crippen molar-refractivity contribution in [1.82, 2.24) is 0 Å². The average molecular weight is 319 g/mol. The van der Waals surface area contributed by atoms with Gasteiger partial charge in [0.25, 0.3) is 0 Å². The summed E-state index contributed by atoms with van der Waals surface area (Å²) >= 11 is 0. The van der Waals surface area contributed by atoms with Crippen LogP contribution in [0.4, 0.5) is 0 Å². The molecule has 2 aliphatic heterocycles. The van der Waals surface area contributed by atoms with E-state index in [2.05, 4.69) is 4.99 Å². The molecule has 2 aromatic carbocycles. The first kappa shape index (κ1) is 14.8. The van der Waals surface area contributed by atoms with Crippen molar-refractivity contribution in [3.8, 4) is 5.75 Å². The molecule has 4 rings (SSSR count). The minimum absolute atomic E-state index is 0.303. The zero-order valence-corrected chi connectivity index (χ0v) is 13.6. The van der Waals surface area contributed by atoms with E-state index >= 15 is 0 Å². The normalized spacial score (nSPS) is 20.5. The van der Waals surface area contributed by atoms with Crippen LogP contribution in [0.15, 0.2) is 47.5 Å². The van der Waals surface area contributed by atoms with E-state index in [-0.39, 0.29) is 5.54 Å². The zero-order valence-electron chi connectivity index (χ0n) is 13.6. The van der Waals surface area contributed by atoms with Crippen LogP contribution < -0.4 is 15.3 Å². The van der Waals surface area contributed by atoms with E-state index in [4.69, 9.17) is 4.74 Å². The highest BCUT2D eigenvalue weighted by molar-refractivity contribution is 6.46. The Morgan fingerprint density at radius 3 is 2.62 bits per heavy atom. The smallest absolute Gasteiger partial charge is 0.244 e. The fourth-order valence-electron chi connectivity index (χ4n) is 3.24. The van der Waals surface area contributed by atoms with Crippen LogP contribution >= 0.6 is 0 Å². The number of hydrogen-bond acceptors (Lipinski definition) is 4. The first-order valence-electron chi connectivity index (χ1n) is 7.99. The Labute approximate surface area is 139 Å². The van der Waals surface area contributed by atoms with Crippen molar-refractivity contribution in [2.75, 3.05) is 0 Å². The number of carbonyl (C=O) groups is 2. The minimum Gasteiger partial charge on any atom is -0.481 e. The first-order chi connectivity index (χ1) is 11.4. The van der Waals surface area contributed by atoms with Crippen molar-refractivity contribution in [1.29, 1.82) is 0 Å². The number of ketones is 2.